The summed E-state index contributed by atoms with van der Waals surface area (Å²) in [6, 6.07) is 17.8. The number of aromatic nitrogens is 2. The molecule has 3 aromatic carbocycles. The van der Waals surface area contributed by atoms with Crippen LogP contribution in [-0.4, -0.2) is 64.1 Å². The summed E-state index contributed by atoms with van der Waals surface area (Å²) in [5.41, 5.74) is 0.985. The second-order valence-electron chi connectivity index (χ2n) is 11.7. The van der Waals surface area contributed by atoms with Gasteiger partial charge in [0, 0.05) is 56.7 Å². The summed E-state index contributed by atoms with van der Waals surface area (Å²) in [6.07, 6.45) is -3.45. The average Bonchev–Trinajstić information content (AvgIpc) is 3.68. The van der Waals surface area contributed by atoms with Gasteiger partial charge in [0.15, 0.2) is 11.5 Å². The number of hydrogen-bond acceptors (Lipinski definition) is 7. The van der Waals surface area contributed by atoms with Crippen molar-refractivity contribution in [1.82, 2.24) is 19.4 Å². The summed E-state index contributed by atoms with van der Waals surface area (Å²) >= 11 is 0. The van der Waals surface area contributed by atoms with E-state index in [4.69, 9.17) is 14.2 Å². The molecule has 2 aliphatic heterocycles. The van der Waals surface area contributed by atoms with Gasteiger partial charge in [-0.25, -0.2) is 9.37 Å². The van der Waals surface area contributed by atoms with Gasteiger partial charge in [0.1, 0.15) is 17.3 Å². The first-order valence-corrected chi connectivity index (χ1v) is 15.3. The van der Waals surface area contributed by atoms with Crippen LogP contribution in [0, 0.1) is 5.82 Å². The maximum absolute atomic E-state index is 14.2. The zero-order valence-corrected chi connectivity index (χ0v) is 28.2. The fourth-order valence-corrected chi connectivity index (χ4v) is 5.87. The fourth-order valence-electron chi connectivity index (χ4n) is 5.87. The highest BCUT2D eigenvalue weighted by Gasteiger charge is 2.32. The van der Waals surface area contributed by atoms with Crippen molar-refractivity contribution >= 4 is 45.4 Å². The molecule has 0 radical (unpaired) electrons. The van der Waals surface area contributed by atoms with Gasteiger partial charge in [-0.2, -0.15) is 13.2 Å². The minimum Gasteiger partial charge on any atom is -0.454 e. The maximum Gasteiger partial charge on any atom is 0.416 e. The van der Waals surface area contributed by atoms with E-state index in [2.05, 4.69) is 15.2 Å². The summed E-state index contributed by atoms with van der Waals surface area (Å²) in [5.74, 6) is -0.105. The molecule has 2 aliphatic rings. The number of hydrogen-bond donors (Lipinski definition) is 1. The molecule has 0 saturated carbocycles. The summed E-state index contributed by atoms with van der Waals surface area (Å²) < 4.78 is 71.3. The molecule has 0 spiro atoms. The second-order valence-corrected chi connectivity index (χ2v) is 11.7. The number of aryl methyl sites for hydroxylation is 1. The number of amides is 2. The summed E-state index contributed by atoms with van der Waals surface area (Å²) in [7, 11) is 1.84. The number of rotatable bonds is 7. The maximum atomic E-state index is 14.2. The van der Waals surface area contributed by atoms with E-state index in [9.17, 15) is 27.2 Å². The predicted molar refractivity (Wildman–Crippen MR) is 181 cm³/mol. The molecule has 2 amide bonds. The molecular formula is C35H30BrF4N5O5. The van der Waals surface area contributed by atoms with Crippen molar-refractivity contribution in [3.63, 3.8) is 0 Å². The van der Waals surface area contributed by atoms with E-state index in [0.717, 1.165) is 53.7 Å². The van der Waals surface area contributed by atoms with Crippen LogP contribution >= 0.6 is 17.0 Å². The van der Waals surface area contributed by atoms with Crippen molar-refractivity contribution in [1.29, 1.82) is 0 Å². The number of anilines is 1. The fraction of sp³-hybridized carbons (Fsp3) is 0.229. The Morgan fingerprint density at radius 1 is 0.920 bits per heavy atom. The lowest BCUT2D eigenvalue weighted by Gasteiger charge is -2.34. The molecule has 5 aromatic rings. The average molecular weight is 757 g/mol. The van der Waals surface area contributed by atoms with Gasteiger partial charge in [-0.05, 0) is 66.2 Å². The highest BCUT2D eigenvalue weighted by atomic mass is 79.9. The number of carbonyl (C=O) groups is 2. The summed E-state index contributed by atoms with van der Waals surface area (Å²) in [4.78, 5) is 34.3. The third kappa shape index (κ3) is 7.23. The van der Waals surface area contributed by atoms with Crippen molar-refractivity contribution in [3.05, 3.63) is 107 Å². The Morgan fingerprint density at radius 2 is 1.70 bits per heavy atom. The van der Waals surface area contributed by atoms with E-state index in [0.29, 0.717) is 30.6 Å². The number of alkyl halides is 3. The third-order valence-electron chi connectivity index (χ3n) is 8.49. The lowest BCUT2D eigenvalue weighted by Crippen LogP contribution is -2.48. The molecular weight excluding hydrogens is 726 g/mol. The zero-order valence-electron chi connectivity index (χ0n) is 26.5. The van der Waals surface area contributed by atoms with Gasteiger partial charge < -0.3 is 29.0 Å². The molecule has 7 rings (SSSR count). The van der Waals surface area contributed by atoms with Crippen molar-refractivity contribution in [2.45, 2.75) is 12.7 Å². The summed E-state index contributed by atoms with van der Waals surface area (Å²) in [5, 5.41) is 3.21. The van der Waals surface area contributed by atoms with Gasteiger partial charge >= 0.3 is 6.18 Å². The molecule has 1 saturated heterocycles. The van der Waals surface area contributed by atoms with E-state index in [1.54, 1.807) is 12.1 Å². The summed E-state index contributed by atoms with van der Waals surface area (Å²) in [6.45, 7) is 3.67. The first-order valence-electron chi connectivity index (χ1n) is 15.3. The molecule has 0 unspecified atom stereocenters. The SMILES string of the molecule is Br.Cn1c(C(=O)N2CCN(Cc3ccc4c(c3)OCO4)CC2)cc2cc(Oc3ccc(NC(=O)c4ccc(C(F)(F)F)cc4F)cn3)ccc21. The molecule has 4 heterocycles. The Kier molecular flexibility index (Phi) is 9.71. The van der Waals surface area contributed by atoms with Crippen molar-refractivity contribution in [2.75, 3.05) is 38.3 Å². The van der Waals surface area contributed by atoms with Gasteiger partial charge in [-0.15, -0.1) is 17.0 Å². The van der Waals surface area contributed by atoms with Crippen LogP contribution in [-0.2, 0) is 19.8 Å². The molecule has 1 N–H and O–H groups in total. The highest BCUT2D eigenvalue weighted by molar-refractivity contribution is 8.93. The van der Waals surface area contributed by atoms with Crippen LogP contribution in [0.4, 0.5) is 23.2 Å². The molecule has 2 aromatic heterocycles. The van der Waals surface area contributed by atoms with Crippen molar-refractivity contribution < 1.29 is 41.4 Å². The van der Waals surface area contributed by atoms with Crippen LogP contribution in [0.15, 0.2) is 79.0 Å². The van der Waals surface area contributed by atoms with Gasteiger partial charge in [-0.3, -0.25) is 14.5 Å². The van der Waals surface area contributed by atoms with E-state index >= 15 is 0 Å². The quantitative estimate of drug-likeness (QED) is 0.178. The molecule has 50 heavy (non-hydrogen) atoms. The number of nitrogens with zero attached hydrogens (tertiary/aromatic N) is 4. The Morgan fingerprint density at radius 3 is 2.42 bits per heavy atom. The number of nitrogens with one attached hydrogen (secondary N) is 1. The number of fused-ring (bicyclic) bond motifs is 2. The van der Waals surface area contributed by atoms with Crippen molar-refractivity contribution in [3.8, 4) is 23.1 Å². The lowest BCUT2D eigenvalue weighted by atomic mass is 10.1. The Labute approximate surface area is 293 Å². The second kappa shape index (κ2) is 14.0. The molecule has 10 nitrogen and oxygen atoms in total. The lowest BCUT2D eigenvalue weighted by molar-refractivity contribution is -0.137. The normalized spacial score (nSPS) is 14.4. The number of piperazine rings is 1. The minimum atomic E-state index is -4.73. The topological polar surface area (TPSA) is 98.2 Å². The van der Waals surface area contributed by atoms with Crippen LogP contribution in [0.5, 0.6) is 23.1 Å². The van der Waals surface area contributed by atoms with E-state index in [1.165, 1.54) is 18.3 Å². The zero-order chi connectivity index (χ0) is 34.3. The Hall–Kier alpha value is -5.15. The number of pyridine rings is 1. The van der Waals surface area contributed by atoms with Crippen LogP contribution in [0.1, 0.15) is 32.0 Å². The van der Waals surface area contributed by atoms with Gasteiger partial charge in [-0.1, -0.05) is 6.07 Å². The molecule has 260 valence electrons. The van der Waals surface area contributed by atoms with Crippen LogP contribution < -0.4 is 19.5 Å². The minimum absolute atomic E-state index is 0. The Balaban J connectivity index is 0.00000432. The smallest absolute Gasteiger partial charge is 0.416 e. The van der Waals surface area contributed by atoms with Gasteiger partial charge in [0.25, 0.3) is 11.8 Å². The van der Waals surface area contributed by atoms with Gasteiger partial charge in [0.2, 0.25) is 12.7 Å². The molecule has 0 bridgehead atoms. The predicted octanol–water partition coefficient (Wildman–Crippen LogP) is 7.04. The standard InChI is InChI=1S/C35H29F4N5O5.BrH/c1-42-28-7-5-25(49-32-9-4-24(18-40-32)41-33(45)26-6-3-23(17-27(26)36)35(37,38)39)15-22(28)16-29(42)34(46)44-12-10-43(11-13-44)19-21-2-8-30-31(14-21)48-20-47-30;/h2-9,14-18H,10-13,19-20H2,1H3,(H,41,45);1H. The first-order chi connectivity index (χ1) is 23.5. The highest BCUT2D eigenvalue weighted by Crippen LogP contribution is 2.34. The van der Waals surface area contributed by atoms with Crippen LogP contribution in [0.2, 0.25) is 0 Å². The third-order valence-corrected chi connectivity index (χ3v) is 8.49. The Bertz CT molecular complexity index is 2060. The number of benzene rings is 3. The molecule has 1 fully saturated rings. The number of halogens is 5. The number of carbonyl (C=O) groups excluding carboxylic acids is 2. The molecule has 0 aliphatic carbocycles. The van der Waals surface area contributed by atoms with E-state index < -0.39 is 29.0 Å². The van der Waals surface area contributed by atoms with E-state index in [1.807, 2.05) is 46.8 Å². The number of ether oxygens (including phenoxy) is 3. The monoisotopic (exact) mass is 755 g/mol. The van der Waals surface area contributed by atoms with Gasteiger partial charge in [0.05, 0.1) is 23.0 Å². The first kappa shape index (κ1) is 34.7. The van der Waals surface area contributed by atoms with Crippen LogP contribution in [0.3, 0.4) is 0 Å². The van der Waals surface area contributed by atoms with E-state index in [-0.39, 0.29) is 47.3 Å². The molecule has 0 atom stereocenters. The van der Waals surface area contributed by atoms with Crippen LogP contribution in [0.25, 0.3) is 10.9 Å². The van der Waals surface area contributed by atoms with Crippen molar-refractivity contribution in [2.24, 2.45) is 7.05 Å². The molecule has 15 heteroatoms. The largest absolute Gasteiger partial charge is 0.454 e.